The van der Waals surface area contributed by atoms with E-state index in [9.17, 15) is 14.4 Å². The molecule has 0 radical (unpaired) electrons. The summed E-state index contributed by atoms with van der Waals surface area (Å²) in [5.74, 6) is 0. The van der Waals surface area contributed by atoms with Crippen molar-refractivity contribution in [2.45, 2.75) is 0 Å². The number of hydrogen-bond donors (Lipinski definition) is 0. The van der Waals surface area contributed by atoms with E-state index in [1.165, 1.54) is 0 Å². The molecule has 0 rings (SSSR count). The van der Waals surface area contributed by atoms with Crippen molar-refractivity contribution in [1.82, 2.24) is 0 Å². The van der Waals surface area contributed by atoms with Gasteiger partial charge in [-0.25, -0.2) is 14.4 Å². The zero-order valence-electron chi connectivity index (χ0n) is 6.15. The lowest BCUT2D eigenvalue weighted by Crippen LogP contribution is -1.88. The van der Waals surface area contributed by atoms with Gasteiger partial charge in [-0.1, -0.05) is 0 Å². The summed E-state index contributed by atoms with van der Waals surface area (Å²) in [5.41, 5.74) is 0. The first-order chi connectivity index (χ1) is 6.68. The van der Waals surface area contributed by atoms with Crippen LogP contribution in [0.3, 0.4) is 0 Å². The molecule has 0 aliphatic rings. The van der Waals surface area contributed by atoms with Gasteiger partial charge in [-0.3, -0.25) is 13.9 Å². The van der Waals surface area contributed by atoms with Crippen LogP contribution >= 0.6 is 6.72 Å². The standard InChI is InChI=1S/C3N3O6PS/c7-1-4-10-13(14,11-5-2-8)12-6-3-9. The second kappa shape index (κ2) is 6.68. The van der Waals surface area contributed by atoms with Gasteiger partial charge in [-0.05, 0) is 0 Å². The summed E-state index contributed by atoms with van der Waals surface area (Å²) >= 11 is 4.42. The Balaban J connectivity index is 4.63. The first kappa shape index (κ1) is 12.2. The summed E-state index contributed by atoms with van der Waals surface area (Å²) in [7, 11) is 0. The molecule has 0 aromatic heterocycles. The second-order valence-electron chi connectivity index (χ2n) is 1.24. The maximum atomic E-state index is 9.63. The highest BCUT2D eigenvalue weighted by Crippen LogP contribution is 2.50. The number of nitrogens with zero attached hydrogens (tertiary/aromatic N) is 3. The molecule has 0 aromatic rings. The van der Waals surface area contributed by atoms with Gasteiger partial charge >= 0.3 is 6.72 Å². The smallest absolute Gasteiger partial charge is 0.281 e. The molecule has 14 heavy (non-hydrogen) atoms. The topological polar surface area (TPSA) is 116 Å². The molecule has 0 aliphatic carbocycles. The Bertz CT molecular complexity index is 321. The first-order valence-electron chi connectivity index (χ1n) is 2.56. The largest absolute Gasteiger partial charge is 0.554 e. The van der Waals surface area contributed by atoms with Gasteiger partial charge in [0.05, 0.1) is 0 Å². The van der Waals surface area contributed by atoms with Gasteiger partial charge in [0.1, 0.15) is 0 Å². The summed E-state index contributed by atoms with van der Waals surface area (Å²) in [4.78, 5) is 28.9. The van der Waals surface area contributed by atoms with Crippen LogP contribution in [0.2, 0.25) is 0 Å². The van der Waals surface area contributed by atoms with E-state index >= 15 is 0 Å². The van der Waals surface area contributed by atoms with Crippen molar-refractivity contribution in [3.8, 4) is 0 Å². The summed E-state index contributed by atoms with van der Waals surface area (Å²) < 4.78 is 12.4. The molecule has 0 spiro atoms. The molecule has 0 N–H and O–H groups in total. The van der Waals surface area contributed by atoms with Crippen LogP contribution in [-0.4, -0.2) is 18.2 Å². The highest BCUT2D eigenvalue weighted by Gasteiger charge is 2.26. The van der Waals surface area contributed by atoms with Crippen molar-refractivity contribution in [3.63, 3.8) is 0 Å². The lowest BCUT2D eigenvalue weighted by molar-refractivity contribution is 0.168. The molecule has 0 unspecified atom stereocenters. The molecule has 0 aliphatic heterocycles. The third-order valence-corrected chi connectivity index (χ3v) is 1.98. The van der Waals surface area contributed by atoms with Crippen LogP contribution < -0.4 is 0 Å². The number of isocyanates is 3. The molecule has 11 heteroatoms. The van der Waals surface area contributed by atoms with E-state index in [-0.39, 0.29) is 0 Å². The van der Waals surface area contributed by atoms with Gasteiger partial charge in [-0.15, -0.1) is 0 Å². The SMILES string of the molecule is O=C=NOP(=S)(ON=C=O)ON=C=O. The molecule has 0 heterocycles. The van der Waals surface area contributed by atoms with Crippen LogP contribution in [0.15, 0.2) is 15.5 Å². The molecule has 9 nitrogen and oxygen atoms in total. The maximum absolute atomic E-state index is 9.63. The quantitative estimate of drug-likeness (QED) is 0.276. The molecule has 0 bridgehead atoms. The van der Waals surface area contributed by atoms with Crippen LogP contribution in [0.1, 0.15) is 0 Å². The highest BCUT2D eigenvalue weighted by atomic mass is 32.5. The maximum Gasteiger partial charge on any atom is 0.554 e. The Morgan fingerprint density at radius 2 is 1.14 bits per heavy atom. The molecule has 0 amide bonds. The lowest BCUT2D eigenvalue weighted by Gasteiger charge is -2.07. The van der Waals surface area contributed by atoms with Crippen molar-refractivity contribution in [2.24, 2.45) is 15.5 Å². The number of carbonyl (C=O) groups excluding carboxylic acids is 3. The van der Waals surface area contributed by atoms with Crippen LogP contribution in [0, 0.1) is 0 Å². The van der Waals surface area contributed by atoms with E-state index in [1.807, 2.05) is 0 Å². The molecule has 0 atom stereocenters. The van der Waals surface area contributed by atoms with E-state index in [2.05, 4.69) is 41.1 Å². The summed E-state index contributed by atoms with van der Waals surface area (Å²) in [6.45, 7) is -3.72. The molecular formula is C3N3O6PS. The van der Waals surface area contributed by atoms with Gasteiger partial charge in [-0.2, -0.15) is 0 Å². The zero-order valence-corrected chi connectivity index (χ0v) is 7.86. The molecule has 0 saturated carbocycles. The Morgan fingerprint density at radius 1 is 0.857 bits per heavy atom. The normalized spacial score (nSPS) is 11.7. The third kappa shape index (κ3) is 4.95. The van der Waals surface area contributed by atoms with Gasteiger partial charge in [0, 0.05) is 27.3 Å². The van der Waals surface area contributed by atoms with E-state index in [0.29, 0.717) is 0 Å². The van der Waals surface area contributed by atoms with E-state index < -0.39 is 6.72 Å². The molecular weight excluding hydrogens is 237 g/mol. The summed E-state index contributed by atoms with van der Waals surface area (Å²) in [6.07, 6.45) is 2.85. The van der Waals surface area contributed by atoms with Crippen LogP contribution in [0.25, 0.3) is 0 Å². The summed E-state index contributed by atoms with van der Waals surface area (Å²) in [6, 6.07) is 0. The fourth-order valence-electron chi connectivity index (χ4n) is 0.245. The zero-order chi connectivity index (χ0) is 10.9. The Kier molecular flexibility index (Phi) is 5.82. The predicted molar refractivity (Wildman–Crippen MR) is 41.9 cm³/mol. The van der Waals surface area contributed by atoms with Crippen molar-refractivity contribution >= 4 is 36.8 Å². The molecule has 74 valence electrons. The van der Waals surface area contributed by atoms with Gasteiger partial charge in [0.15, 0.2) is 0 Å². The fourth-order valence-corrected chi connectivity index (χ4v) is 1.03. The van der Waals surface area contributed by atoms with Crippen molar-refractivity contribution in [3.05, 3.63) is 0 Å². The van der Waals surface area contributed by atoms with Gasteiger partial charge in [0.25, 0.3) is 18.2 Å². The van der Waals surface area contributed by atoms with E-state index in [0.717, 1.165) is 18.2 Å². The highest BCUT2D eigenvalue weighted by molar-refractivity contribution is 8.07. The van der Waals surface area contributed by atoms with Gasteiger partial charge < -0.3 is 0 Å². The monoisotopic (exact) mass is 237 g/mol. The van der Waals surface area contributed by atoms with Crippen LogP contribution in [0.5, 0.6) is 0 Å². The molecule has 0 saturated heterocycles. The average molecular weight is 237 g/mol. The van der Waals surface area contributed by atoms with E-state index in [4.69, 9.17) is 0 Å². The predicted octanol–water partition coefficient (Wildman–Crippen LogP) is 0.0131. The third-order valence-electron chi connectivity index (χ3n) is 0.534. The lowest BCUT2D eigenvalue weighted by atomic mass is 11.7. The minimum absolute atomic E-state index is 0.950. The Morgan fingerprint density at radius 3 is 1.36 bits per heavy atom. The van der Waals surface area contributed by atoms with Crippen LogP contribution in [0.4, 0.5) is 0 Å². The van der Waals surface area contributed by atoms with E-state index in [1.54, 1.807) is 0 Å². The van der Waals surface area contributed by atoms with Crippen molar-refractivity contribution < 1.29 is 28.3 Å². The second-order valence-corrected chi connectivity index (χ2v) is 3.97. The minimum atomic E-state index is -3.72. The Hall–Kier alpha value is -1.81. The van der Waals surface area contributed by atoms with Crippen molar-refractivity contribution in [2.75, 3.05) is 0 Å². The number of rotatable bonds is 6. The Labute approximate surface area is 81.2 Å². The van der Waals surface area contributed by atoms with Gasteiger partial charge in [0.2, 0.25) is 0 Å². The first-order valence-corrected chi connectivity index (χ1v) is 5.12. The molecule has 0 fully saturated rings. The van der Waals surface area contributed by atoms with Crippen LogP contribution in [-0.2, 0) is 40.1 Å². The summed E-state index contributed by atoms with van der Waals surface area (Å²) in [5, 5.41) is 7.68. The number of hydrogen-bond acceptors (Lipinski definition) is 10. The minimum Gasteiger partial charge on any atom is -0.281 e. The fraction of sp³-hybridized carbons (Fsp3) is 0. The van der Waals surface area contributed by atoms with Crippen molar-refractivity contribution in [1.29, 1.82) is 0 Å². The molecule has 0 aromatic carbocycles. The average Bonchev–Trinajstić information content (AvgIpc) is 2.21.